The summed E-state index contributed by atoms with van der Waals surface area (Å²) in [4.78, 5) is 6.65. The molecule has 3 rings (SSSR count). The van der Waals surface area contributed by atoms with Crippen molar-refractivity contribution in [1.29, 1.82) is 0 Å². The lowest BCUT2D eigenvalue weighted by atomic mass is 10.1. The number of nitrogens with zero attached hydrogens (tertiary/aromatic N) is 2. The molecule has 2 aliphatic heterocycles. The molecule has 2 unspecified atom stereocenters. The van der Waals surface area contributed by atoms with E-state index in [0.717, 1.165) is 31.6 Å². The van der Waals surface area contributed by atoms with Crippen molar-refractivity contribution in [2.75, 3.05) is 19.7 Å². The largest absolute Gasteiger partial charge is 0.376 e. The van der Waals surface area contributed by atoms with Gasteiger partial charge >= 0.3 is 0 Å². The summed E-state index contributed by atoms with van der Waals surface area (Å²) < 4.78 is 5.66. The average Bonchev–Trinajstić information content (AvgIpc) is 2.82. The Hall–Kier alpha value is -0.770. The van der Waals surface area contributed by atoms with Crippen LogP contribution in [-0.2, 0) is 4.74 Å². The number of rotatable bonds is 3. The summed E-state index contributed by atoms with van der Waals surface area (Å²) in [6.45, 7) is 2.78. The fourth-order valence-corrected chi connectivity index (χ4v) is 2.67. The molecule has 0 amide bonds. The Morgan fingerprint density at radius 2 is 2.27 bits per heavy atom. The Kier molecular flexibility index (Phi) is 2.31. The zero-order chi connectivity index (χ0) is 10.3. The van der Waals surface area contributed by atoms with Crippen LogP contribution < -0.4 is 5.73 Å². The van der Waals surface area contributed by atoms with Crippen LogP contribution in [0.3, 0.4) is 0 Å². The van der Waals surface area contributed by atoms with Gasteiger partial charge in [-0.05, 0) is 31.6 Å². The first kappa shape index (κ1) is 9.46. The number of hydrogen-bond acceptors (Lipinski definition) is 4. The summed E-state index contributed by atoms with van der Waals surface area (Å²) >= 11 is 0. The van der Waals surface area contributed by atoms with E-state index in [4.69, 9.17) is 10.5 Å². The van der Waals surface area contributed by atoms with Gasteiger partial charge in [-0.25, -0.2) is 0 Å². The van der Waals surface area contributed by atoms with Gasteiger partial charge in [-0.2, -0.15) is 0 Å². The Bertz CT molecular complexity index is 269. The van der Waals surface area contributed by atoms with Gasteiger partial charge in [-0.15, -0.1) is 0 Å². The predicted molar refractivity (Wildman–Crippen MR) is 58.7 cm³/mol. The molecule has 1 aliphatic carbocycles. The van der Waals surface area contributed by atoms with E-state index in [1.165, 1.54) is 25.7 Å². The quantitative estimate of drug-likeness (QED) is 0.739. The van der Waals surface area contributed by atoms with E-state index >= 15 is 0 Å². The van der Waals surface area contributed by atoms with E-state index in [1.807, 2.05) is 0 Å². The maximum absolute atomic E-state index is 5.93. The molecule has 0 aromatic carbocycles. The predicted octanol–water partition coefficient (Wildman–Crippen LogP) is 0.574. The lowest BCUT2D eigenvalue weighted by molar-refractivity contribution is 0.0832. The first-order valence-electron chi connectivity index (χ1n) is 6.03. The van der Waals surface area contributed by atoms with Crippen LogP contribution in [0.5, 0.6) is 0 Å². The van der Waals surface area contributed by atoms with Crippen LogP contribution in [0.2, 0.25) is 0 Å². The number of aliphatic imine (C=N–C) groups is 1. The third kappa shape index (κ3) is 1.83. The topological polar surface area (TPSA) is 50.8 Å². The molecule has 1 saturated carbocycles. The van der Waals surface area contributed by atoms with Crippen LogP contribution in [0.4, 0.5) is 0 Å². The van der Waals surface area contributed by atoms with Crippen LogP contribution in [0.15, 0.2) is 4.99 Å². The van der Waals surface area contributed by atoms with Crippen molar-refractivity contribution in [2.24, 2.45) is 16.6 Å². The van der Waals surface area contributed by atoms with Crippen LogP contribution in [0.1, 0.15) is 25.7 Å². The summed E-state index contributed by atoms with van der Waals surface area (Å²) in [6, 6.07) is 0.578. The maximum Gasteiger partial charge on any atom is 0.191 e. The lowest BCUT2D eigenvalue weighted by Gasteiger charge is -2.28. The zero-order valence-corrected chi connectivity index (χ0v) is 9.06. The molecule has 4 nitrogen and oxygen atoms in total. The molecule has 0 aromatic rings. The molecule has 0 aromatic heterocycles. The Morgan fingerprint density at radius 3 is 2.93 bits per heavy atom. The second-order valence-corrected chi connectivity index (χ2v) is 4.89. The molecule has 84 valence electrons. The van der Waals surface area contributed by atoms with E-state index in [9.17, 15) is 0 Å². The molecule has 2 fully saturated rings. The Morgan fingerprint density at radius 1 is 1.40 bits per heavy atom. The molecule has 3 aliphatic rings. The highest BCUT2D eigenvalue weighted by molar-refractivity contribution is 5.80. The van der Waals surface area contributed by atoms with Gasteiger partial charge in [0.05, 0.1) is 18.7 Å². The minimum Gasteiger partial charge on any atom is -0.376 e. The van der Waals surface area contributed by atoms with Gasteiger partial charge < -0.3 is 15.4 Å². The first-order chi connectivity index (χ1) is 7.34. The van der Waals surface area contributed by atoms with Gasteiger partial charge in [-0.3, -0.25) is 4.99 Å². The summed E-state index contributed by atoms with van der Waals surface area (Å²) in [6.07, 6.45) is 5.48. The van der Waals surface area contributed by atoms with Crippen LogP contribution >= 0.6 is 0 Å². The third-order valence-electron chi connectivity index (χ3n) is 3.73. The average molecular weight is 209 g/mol. The van der Waals surface area contributed by atoms with E-state index < -0.39 is 0 Å². The molecule has 2 atom stereocenters. The molecule has 0 spiro atoms. The Balaban J connectivity index is 1.62. The molecule has 2 N–H and O–H groups in total. The van der Waals surface area contributed by atoms with E-state index in [0.29, 0.717) is 12.1 Å². The second-order valence-electron chi connectivity index (χ2n) is 4.89. The molecule has 2 heterocycles. The third-order valence-corrected chi connectivity index (χ3v) is 3.73. The van der Waals surface area contributed by atoms with Crippen molar-refractivity contribution < 1.29 is 4.74 Å². The van der Waals surface area contributed by atoms with Gasteiger partial charge in [0.2, 0.25) is 0 Å². The molecule has 0 bridgehead atoms. The van der Waals surface area contributed by atoms with E-state index in [2.05, 4.69) is 9.89 Å². The highest BCUT2D eigenvalue weighted by Crippen LogP contribution is 2.37. The van der Waals surface area contributed by atoms with E-state index in [1.54, 1.807) is 0 Å². The highest BCUT2D eigenvalue weighted by Gasteiger charge is 2.39. The number of hydrogen-bond donors (Lipinski definition) is 1. The van der Waals surface area contributed by atoms with Crippen LogP contribution in [0, 0.1) is 5.92 Å². The van der Waals surface area contributed by atoms with Gasteiger partial charge in [0, 0.05) is 13.2 Å². The monoisotopic (exact) mass is 209 g/mol. The minimum atomic E-state index is 0.387. The molecular formula is C11H19N3O. The fourth-order valence-electron chi connectivity index (χ4n) is 2.67. The zero-order valence-electron chi connectivity index (χ0n) is 9.06. The smallest absolute Gasteiger partial charge is 0.191 e. The SMILES string of the molecule is NC1=NCC(C2CC2)N1CC1CCCO1. The summed E-state index contributed by atoms with van der Waals surface area (Å²) in [5.74, 6) is 1.58. The van der Waals surface area contributed by atoms with Crippen LogP contribution in [0.25, 0.3) is 0 Å². The minimum absolute atomic E-state index is 0.387. The van der Waals surface area contributed by atoms with Crippen molar-refractivity contribution in [1.82, 2.24) is 4.90 Å². The van der Waals surface area contributed by atoms with Crippen LogP contribution in [-0.4, -0.2) is 42.7 Å². The summed E-state index contributed by atoms with van der Waals surface area (Å²) in [5.41, 5.74) is 5.93. The van der Waals surface area contributed by atoms with Crippen molar-refractivity contribution in [3.63, 3.8) is 0 Å². The fraction of sp³-hybridized carbons (Fsp3) is 0.909. The number of nitrogens with two attached hydrogens (primary N) is 1. The number of guanidine groups is 1. The first-order valence-corrected chi connectivity index (χ1v) is 6.03. The van der Waals surface area contributed by atoms with Gasteiger partial charge in [-0.1, -0.05) is 0 Å². The maximum atomic E-state index is 5.93. The normalized spacial score (nSPS) is 36.0. The van der Waals surface area contributed by atoms with Gasteiger partial charge in [0.1, 0.15) is 0 Å². The van der Waals surface area contributed by atoms with Crippen molar-refractivity contribution in [3.8, 4) is 0 Å². The van der Waals surface area contributed by atoms with Crippen molar-refractivity contribution in [2.45, 2.75) is 37.8 Å². The second kappa shape index (κ2) is 3.67. The highest BCUT2D eigenvalue weighted by atomic mass is 16.5. The summed E-state index contributed by atoms with van der Waals surface area (Å²) in [7, 11) is 0. The standard InChI is InChI=1S/C11H19N3O/c12-11-13-6-10(8-3-4-8)14(11)7-9-2-1-5-15-9/h8-10H,1-7H2,(H2,12,13). The van der Waals surface area contributed by atoms with E-state index in [-0.39, 0.29) is 0 Å². The van der Waals surface area contributed by atoms with Gasteiger partial charge in [0.15, 0.2) is 5.96 Å². The molecular weight excluding hydrogens is 190 g/mol. The van der Waals surface area contributed by atoms with Crippen molar-refractivity contribution >= 4 is 5.96 Å². The molecule has 15 heavy (non-hydrogen) atoms. The molecule has 0 radical (unpaired) electrons. The van der Waals surface area contributed by atoms with Crippen molar-refractivity contribution in [3.05, 3.63) is 0 Å². The summed E-state index contributed by atoms with van der Waals surface area (Å²) in [5, 5.41) is 0. The van der Waals surface area contributed by atoms with Gasteiger partial charge in [0.25, 0.3) is 0 Å². The molecule has 1 saturated heterocycles. The lowest BCUT2D eigenvalue weighted by Crippen LogP contribution is -2.45. The molecule has 4 heteroatoms. The number of ether oxygens (including phenoxy) is 1. The Labute approximate surface area is 90.5 Å².